The number of sulfonamides is 1. The fraction of sp³-hybridized carbons (Fsp3) is 0.167. The Morgan fingerprint density at radius 1 is 1.37 bits per heavy atom. The molecule has 0 radical (unpaired) electrons. The maximum Gasteiger partial charge on any atom is 0.245 e. The molecule has 0 aliphatic carbocycles. The van der Waals surface area contributed by atoms with Crippen molar-refractivity contribution in [2.75, 3.05) is 12.8 Å². The lowest BCUT2D eigenvalue weighted by molar-refractivity contribution is 0.467. The number of hydrogen-bond acceptors (Lipinski definition) is 4. The van der Waals surface area contributed by atoms with Gasteiger partial charge in [0.15, 0.2) is 0 Å². The van der Waals surface area contributed by atoms with Crippen molar-refractivity contribution in [2.45, 2.75) is 11.4 Å². The van der Waals surface area contributed by atoms with Gasteiger partial charge in [-0.2, -0.15) is 15.6 Å². The number of nitrogen functional groups attached to an aromatic ring is 1. The second-order valence-electron chi connectivity index (χ2n) is 4.07. The molecule has 1 aromatic carbocycles. The molecule has 0 amide bonds. The predicted octanol–water partition coefficient (Wildman–Crippen LogP) is 2.80. The number of hydrogen-bond donors (Lipinski definition) is 1. The lowest BCUT2D eigenvalue weighted by Gasteiger charge is -2.17. The third-order valence-electron chi connectivity index (χ3n) is 2.65. The number of nitrogens with zero attached hydrogens (tertiary/aromatic N) is 1. The second kappa shape index (κ2) is 5.50. The predicted molar refractivity (Wildman–Crippen MR) is 78.8 cm³/mol. The molecule has 0 aliphatic heterocycles. The fourth-order valence-corrected chi connectivity index (χ4v) is 3.74. The Kier molecular flexibility index (Phi) is 4.15. The first-order valence-corrected chi connectivity index (χ1v) is 8.20. The fourth-order valence-electron chi connectivity index (χ4n) is 1.65. The number of nitrogens with two attached hydrogens (primary N) is 1. The molecule has 0 saturated carbocycles. The van der Waals surface area contributed by atoms with Gasteiger partial charge in [-0.25, -0.2) is 8.42 Å². The largest absolute Gasteiger partial charge is 0.398 e. The van der Waals surface area contributed by atoms with Crippen molar-refractivity contribution >= 4 is 38.6 Å². The van der Waals surface area contributed by atoms with Gasteiger partial charge < -0.3 is 5.73 Å². The minimum atomic E-state index is -3.61. The van der Waals surface area contributed by atoms with Crippen LogP contribution in [0.3, 0.4) is 0 Å². The first-order valence-electron chi connectivity index (χ1n) is 5.43. The lowest BCUT2D eigenvalue weighted by atomic mass is 10.3. The van der Waals surface area contributed by atoms with E-state index in [0.29, 0.717) is 11.6 Å². The monoisotopic (exact) mass is 316 g/mol. The van der Waals surface area contributed by atoms with E-state index >= 15 is 0 Å². The summed E-state index contributed by atoms with van der Waals surface area (Å²) >= 11 is 7.30. The average Bonchev–Trinajstić information content (AvgIpc) is 2.81. The van der Waals surface area contributed by atoms with Gasteiger partial charge >= 0.3 is 0 Å². The van der Waals surface area contributed by atoms with Crippen molar-refractivity contribution in [3.05, 3.63) is 45.6 Å². The summed E-state index contributed by atoms with van der Waals surface area (Å²) in [5, 5.41) is 4.24. The molecule has 102 valence electrons. The van der Waals surface area contributed by atoms with Crippen LogP contribution in [0.5, 0.6) is 0 Å². The third-order valence-corrected chi connectivity index (χ3v) is 5.49. The first kappa shape index (κ1) is 14.3. The molecule has 4 nitrogen and oxygen atoms in total. The van der Waals surface area contributed by atoms with Crippen LogP contribution >= 0.6 is 22.9 Å². The van der Waals surface area contributed by atoms with Crippen LogP contribution in [-0.2, 0) is 16.6 Å². The number of halogens is 1. The standard InChI is InChI=1S/C12H13ClN2O2S2/c1-15(7-9-4-5-18-8-9)19(16,17)12-3-2-10(13)6-11(12)14/h2-6,8H,7,14H2,1H3. The SMILES string of the molecule is CN(Cc1ccsc1)S(=O)(=O)c1ccc(Cl)cc1N. The zero-order valence-corrected chi connectivity index (χ0v) is 12.6. The van der Waals surface area contributed by atoms with E-state index in [1.807, 2.05) is 16.8 Å². The Hall–Kier alpha value is -1.08. The average molecular weight is 317 g/mol. The van der Waals surface area contributed by atoms with Gasteiger partial charge in [0.1, 0.15) is 4.90 Å². The van der Waals surface area contributed by atoms with E-state index in [4.69, 9.17) is 17.3 Å². The molecule has 1 aromatic heterocycles. The van der Waals surface area contributed by atoms with Crippen molar-refractivity contribution in [3.8, 4) is 0 Å². The van der Waals surface area contributed by atoms with Gasteiger partial charge in [0.2, 0.25) is 10.0 Å². The van der Waals surface area contributed by atoms with Crippen LogP contribution in [0.15, 0.2) is 39.9 Å². The Labute approximate surface area is 121 Å². The van der Waals surface area contributed by atoms with Crippen LogP contribution in [0.1, 0.15) is 5.56 Å². The second-order valence-corrected chi connectivity index (χ2v) is 7.30. The van der Waals surface area contributed by atoms with Crippen molar-refractivity contribution in [2.24, 2.45) is 0 Å². The summed E-state index contributed by atoms with van der Waals surface area (Å²) in [6, 6.07) is 6.27. The van der Waals surface area contributed by atoms with Gasteiger partial charge in [0.05, 0.1) is 5.69 Å². The topological polar surface area (TPSA) is 63.4 Å². The van der Waals surface area contributed by atoms with Crippen molar-refractivity contribution in [1.82, 2.24) is 4.31 Å². The smallest absolute Gasteiger partial charge is 0.245 e. The highest BCUT2D eigenvalue weighted by Crippen LogP contribution is 2.25. The summed E-state index contributed by atoms with van der Waals surface area (Å²) in [4.78, 5) is 0.0784. The summed E-state index contributed by atoms with van der Waals surface area (Å²) in [5.41, 5.74) is 6.84. The molecule has 19 heavy (non-hydrogen) atoms. The molecule has 2 aromatic rings. The molecule has 0 unspecified atom stereocenters. The Bertz CT molecular complexity index is 669. The lowest BCUT2D eigenvalue weighted by Crippen LogP contribution is -2.27. The van der Waals surface area contributed by atoms with Gasteiger partial charge in [-0.05, 0) is 40.6 Å². The third kappa shape index (κ3) is 3.09. The van der Waals surface area contributed by atoms with Crippen molar-refractivity contribution in [3.63, 3.8) is 0 Å². The molecule has 1 heterocycles. The van der Waals surface area contributed by atoms with E-state index in [9.17, 15) is 8.42 Å². The van der Waals surface area contributed by atoms with E-state index in [2.05, 4.69) is 0 Å². The van der Waals surface area contributed by atoms with E-state index in [0.717, 1.165) is 5.56 Å². The molecule has 2 N–H and O–H groups in total. The van der Waals surface area contributed by atoms with Gasteiger partial charge in [-0.3, -0.25) is 0 Å². The molecule has 0 aliphatic rings. The maximum absolute atomic E-state index is 12.4. The zero-order valence-electron chi connectivity index (χ0n) is 10.2. The van der Waals surface area contributed by atoms with Crippen LogP contribution in [0.25, 0.3) is 0 Å². The maximum atomic E-state index is 12.4. The summed E-state index contributed by atoms with van der Waals surface area (Å²) in [6.45, 7) is 0.313. The molecule has 0 spiro atoms. The molecular formula is C12H13ClN2O2S2. The van der Waals surface area contributed by atoms with E-state index < -0.39 is 10.0 Å². The normalized spacial score (nSPS) is 11.9. The van der Waals surface area contributed by atoms with Gasteiger partial charge in [0, 0.05) is 18.6 Å². The highest BCUT2D eigenvalue weighted by Gasteiger charge is 2.23. The van der Waals surface area contributed by atoms with Crippen molar-refractivity contribution < 1.29 is 8.42 Å². The van der Waals surface area contributed by atoms with Gasteiger partial charge in [0.25, 0.3) is 0 Å². The quantitative estimate of drug-likeness (QED) is 0.882. The molecule has 0 fully saturated rings. The molecular weight excluding hydrogens is 304 g/mol. The molecule has 2 rings (SSSR count). The number of anilines is 1. The van der Waals surface area contributed by atoms with Crippen LogP contribution in [0, 0.1) is 0 Å². The summed E-state index contributed by atoms with van der Waals surface area (Å²) in [5.74, 6) is 0. The number of benzene rings is 1. The molecule has 0 saturated heterocycles. The molecule has 7 heteroatoms. The summed E-state index contributed by atoms with van der Waals surface area (Å²) < 4.78 is 26.1. The van der Waals surface area contributed by atoms with Gasteiger partial charge in [-0.15, -0.1) is 0 Å². The van der Waals surface area contributed by atoms with E-state index in [1.165, 1.54) is 40.9 Å². The first-order chi connectivity index (χ1) is 8.91. The summed E-state index contributed by atoms with van der Waals surface area (Å²) in [7, 11) is -2.08. The van der Waals surface area contributed by atoms with Crippen LogP contribution in [0.4, 0.5) is 5.69 Å². The Morgan fingerprint density at radius 3 is 2.68 bits per heavy atom. The van der Waals surface area contributed by atoms with E-state index in [1.54, 1.807) is 0 Å². The highest BCUT2D eigenvalue weighted by atomic mass is 35.5. The van der Waals surface area contributed by atoms with Gasteiger partial charge in [-0.1, -0.05) is 11.6 Å². The Balaban J connectivity index is 2.31. The molecule has 0 bridgehead atoms. The minimum Gasteiger partial charge on any atom is -0.398 e. The molecule has 0 atom stereocenters. The zero-order chi connectivity index (χ0) is 14.0. The van der Waals surface area contributed by atoms with Crippen LogP contribution in [0.2, 0.25) is 5.02 Å². The van der Waals surface area contributed by atoms with Crippen LogP contribution in [-0.4, -0.2) is 19.8 Å². The highest BCUT2D eigenvalue weighted by molar-refractivity contribution is 7.89. The minimum absolute atomic E-state index is 0.0784. The Morgan fingerprint density at radius 2 is 2.11 bits per heavy atom. The van der Waals surface area contributed by atoms with E-state index in [-0.39, 0.29) is 10.6 Å². The van der Waals surface area contributed by atoms with Crippen LogP contribution < -0.4 is 5.73 Å². The van der Waals surface area contributed by atoms with Crippen molar-refractivity contribution in [1.29, 1.82) is 0 Å². The number of thiophene rings is 1. The summed E-state index contributed by atoms with van der Waals surface area (Å²) in [6.07, 6.45) is 0. The number of rotatable bonds is 4.